The smallest absolute Gasteiger partial charge is 0.330 e. The normalized spacial score (nSPS) is 18.7. The fourth-order valence-corrected chi connectivity index (χ4v) is 1.88. The zero-order chi connectivity index (χ0) is 14.0. The SMILES string of the molecule is COc1ccc(NC(=O)N2CC(C)N(C)C2=O)cc1. The van der Waals surface area contributed by atoms with Crippen molar-refractivity contribution < 1.29 is 14.3 Å². The number of anilines is 1. The van der Waals surface area contributed by atoms with Crippen LogP contribution in [-0.2, 0) is 0 Å². The summed E-state index contributed by atoms with van der Waals surface area (Å²) in [5, 5.41) is 2.69. The standard InChI is InChI=1S/C13H17N3O3/c1-9-8-16(13(18)15(9)2)12(17)14-10-4-6-11(19-3)7-5-10/h4-7,9H,8H2,1-3H3,(H,14,17). The number of methoxy groups -OCH3 is 1. The van der Waals surface area contributed by atoms with Crippen molar-refractivity contribution in [3.05, 3.63) is 24.3 Å². The van der Waals surface area contributed by atoms with Gasteiger partial charge in [-0.1, -0.05) is 0 Å². The van der Waals surface area contributed by atoms with E-state index in [2.05, 4.69) is 5.32 Å². The minimum absolute atomic E-state index is 0.0362. The van der Waals surface area contributed by atoms with E-state index in [0.717, 1.165) is 0 Å². The first-order valence-corrected chi connectivity index (χ1v) is 6.02. The number of rotatable bonds is 2. The van der Waals surface area contributed by atoms with Gasteiger partial charge in [0.25, 0.3) is 0 Å². The number of carbonyl (C=O) groups is 2. The van der Waals surface area contributed by atoms with E-state index in [-0.39, 0.29) is 12.1 Å². The Balaban J connectivity index is 2.03. The Labute approximate surface area is 111 Å². The van der Waals surface area contributed by atoms with Gasteiger partial charge >= 0.3 is 12.1 Å². The molecule has 0 spiro atoms. The number of carbonyl (C=O) groups excluding carboxylic acids is 2. The Morgan fingerprint density at radius 1 is 1.37 bits per heavy atom. The van der Waals surface area contributed by atoms with Crippen LogP contribution >= 0.6 is 0 Å². The number of benzene rings is 1. The molecule has 1 atom stereocenters. The molecular weight excluding hydrogens is 246 g/mol. The van der Waals surface area contributed by atoms with Gasteiger partial charge in [-0.15, -0.1) is 0 Å². The van der Waals surface area contributed by atoms with Crippen molar-refractivity contribution in [1.82, 2.24) is 9.80 Å². The lowest BCUT2D eigenvalue weighted by atomic mass is 10.3. The quantitative estimate of drug-likeness (QED) is 0.887. The molecule has 0 saturated carbocycles. The first-order valence-electron chi connectivity index (χ1n) is 6.02. The molecule has 0 aliphatic carbocycles. The average molecular weight is 263 g/mol. The zero-order valence-corrected chi connectivity index (χ0v) is 11.2. The van der Waals surface area contributed by atoms with Gasteiger partial charge in [0.05, 0.1) is 13.7 Å². The van der Waals surface area contributed by atoms with Crippen LogP contribution in [0.3, 0.4) is 0 Å². The Hall–Kier alpha value is -2.24. The molecule has 6 nitrogen and oxygen atoms in total. The molecule has 2 rings (SSSR count). The van der Waals surface area contributed by atoms with Crippen molar-refractivity contribution in [3.63, 3.8) is 0 Å². The van der Waals surface area contributed by atoms with Crippen LogP contribution in [-0.4, -0.2) is 48.6 Å². The third-order valence-electron chi connectivity index (χ3n) is 3.23. The summed E-state index contributed by atoms with van der Waals surface area (Å²) < 4.78 is 5.04. The number of likely N-dealkylation sites (N-methyl/N-ethyl adjacent to an activating group) is 1. The van der Waals surface area contributed by atoms with E-state index in [4.69, 9.17) is 4.74 Å². The second-order valence-electron chi connectivity index (χ2n) is 4.51. The maximum atomic E-state index is 12.0. The largest absolute Gasteiger partial charge is 0.497 e. The summed E-state index contributed by atoms with van der Waals surface area (Å²) in [6.45, 7) is 2.30. The molecule has 0 bridgehead atoms. The number of hydrogen-bond acceptors (Lipinski definition) is 3. The molecule has 1 N–H and O–H groups in total. The van der Waals surface area contributed by atoms with Crippen LogP contribution in [0.15, 0.2) is 24.3 Å². The highest BCUT2D eigenvalue weighted by atomic mass is 16.5. The van der Waals surface area contributed by atoms with Crippen molar-refractivity contribution in [3.8, 4) is 5.75 Å². The summed E-state index contributed by atoms with van der Waals surface area (Å²) in [6.07, 6.45) is 0. The number of nitrogens with one attached hydrogen (secondary N) is 1. The Bertz CT molecular complexity index is 486. The molecule has 0 radical (unpaired) electrons. The molecule has 1 aromatic carbocycles. The topological polar surface area (TPSA) is 61.9 Å². The molecule has 1 aliphatic rings. The van der Waals surface area contributed by atoms with Crippen LogP contribution in [0, 0.1) is 0 Å². The van der Waals surface area contributed by atoms with Gasteiger partial charge in [-0.05, 0) is 31.2 Å². The monoisotopic (exact) mass is 263 g/mol. The molecule has 1 aliphatic heterocycles. The molecule has 4 amide bonds. The summed E-state index contributed by atoms with van der Waals surface area (Å²) in [5.74, 6) is 0.712. The first-order chi connectivity index (χ1) is 9.02. The van der Waals surface area contributed by atoms with Crippen molar-refractivity contribution in [2.45, 2.75) is 13.0 Å². The number of hydrogen-bond donors (Lipinski definition) is 1. The molecule has 1 saturated heterocycles. The zero-order valence-electron chi connectivity index (χ0n) is 11.2. The van der Waals surface area contributed by atoms with Crippen LogP contribution in [0.5, 0.6) is 5.75 Å². The summed E-state index contributed by atoms with van der Waals surface area (Å²) in [7, 11) is 3.27. The van der Waals surface area contributed by atoms with E-state index in [1.54, 1.807) is 43.3 Å². The summed E-state index contributed by atoms with van der Waals surface area (Å²) >= 11 is 0. The number of nitrogens with zero attached hydrogens (tertiary/aromatic N) is 2. The Kier molecular flexibility index (Phi) is 3.59. The van der Waals surface area contributed by atoms with Crippen LogP contribution in [0.25, 0.3) is 0 Å². The van der Waals surface area contributed by atoms with Gasteiger partial charge in [-0.25, -0.2) is 14.5 Å². The molecule has 0 aromatic heterocycles. The fraction of sp³-hybridized carbons (Fsp3) is 0.385. The highest BCUT2D eigenvalue weighted by molar-refractivity contribution is 6.01. The fourth-order valence-electron chi connectivity index (χ4n) is 1.88. The van der Waals surface area contributed by atoms with Gasteiger partial charge in [0.1, 0.15) is 5.75 Å². The summed E-state index contributed by atoms with van der Waals surface area (Å²) in [4.78, 5) is 26.6. The third kappa shape index (κ3) is 2.62. The third-order valence-corrected chi connectivity index (χ3v) is 3.23. The second kappa shape index (κ2) is 5.17. The molecule has 102 valence electrons. The highest BCUT2D eigenvalue weighted by Crippen LogP contribution is 2.18. The van der Waals surface area contributed by atoms with E-state index >= 15 is 0 Å². The lowest BCUT2D eigenvalue weighted by molar-refractivity contribution is 0.194. The average Bonchev–Trinajstić information content (AvgIpc) is 2.67. The molecule has 1 unspecified atom stereocenters. The van der Waals surface area contributed by atoms with E-state index < -0.39 is 6.03 Å². The maximum absolute atomic E-state index is 12.0. The Morgan fingerprint density at radius 2 is 2.00 bits per heavy atom. The van der Waals surface area contributed by atoms with Gasteiger partial charge < -0.3 is 15.0 Å². The molecular formula is C13H17N3O3. The Morgan fingerprint density at radius 3 is 2.47 bits per heavy atom. The number of urea groups is 2. The van der Waals surface area contributed by atoms with Crippen molar-refractivity contribution in [1.29, 1.82) is 0 Å². The minimum atomic E-state index is -0.411. The number of imide groups is 1. The van der Waals surface area contributed by atoms with Crippen molar-refractivity contribution in [2.75, 3.05) is 26.0 Å². The predicted octanol–water partition coefficient (Wildman–Crippen LogP) is 1.98. The van der Waals surface area contributed by atoms with Gasteiger partial charge in [-0.2, -0.15) is 0 Å². The lowest BCUT2D eigenvalue weighted by Gasteiger charge is -2.15. The number of ether oxygens (including phenoxy) is 1. The van der Waals surface area contributed by atoms with Crippen LogP contribution in [0.2, 0.25) is 0 Å². The van der Waals surface area contributed by atoms with Gasteiger partial charge in [0.2, 0.25) is 0 Å². The van der Waals surface area contributed by atoms with E-state index in [1.807, 2.05) is 6.92 Å². The van der Waals surface area contributed by atoms with Crippen LogP contribution in [0.1, 0.15) is 6.92 Å². The summed E-state index contributed by atoms with van der Waals surface area (Å²) in [6, 6.07) is 6.29. The number of amides is 4. The highest BCUT2D eigenvalue weighted by Gasteiger charge is 2.35. The molecule has 1 fully saturated rings. The van der Waals surface area contributed by atoms with Gasteiger partial charge in [0, 0.05) is 18.8 Å². The van der Waals surface area contributed by atoms with E-state index in [0.29, 0.717) is 18.0 Å². The molecule has 6 heteroatoms. The maximum Gasteiger partial charge on any atom is 0.330 e. The van der Waals surface area contributed by atoms with Crippen LogP contribution in [0.4, 0.5) is 15.3 Å². The van der Waals surface area contributed by atoms with Crippen LogP contribution < -0.4 is 10.1 Å². The van der Waals surface area contributed by atoms with Crippen molar-refractivity contribution >= 4 is 17.7 Å². The molecule has 1 heterocycles. The molecule has 19 heavy (non-hydrogen) atoms. The second-order valence-corrected chi connectivity index (χ2v) is 4.51. The predicted molar refractivity (Wildman–Crippen MR) is 71.3 cm³/mol. The minimum Gasteiger partial charge on any atom is -0.497 e. The van der Waals surface area contributed by atoms with E-state index in [1.165, 1.54) is 4.90 Å². The lowest BCUT2D eigenvalue weighted by Crippen LogP contribution is -2.37. The molecule has 1 aromatic rings. The van der Waals surface area contributed by atoms with Gasteiger partial charge in [0.15, 0.2) is 0 Å². The summed E-state index contributed by atoms with van der Waals surface area (Å²) in [5.41, 5.74) is 0.626. The van der Waals surface area contributed by atoms with Gasteiger partial charge in [-0.3, -0.25) is 0 Å². The first kappa shape index (κ1) is 13.2. The van der Waals surface area contributed by atoms with E-state index in [9.17, 15) is 9.59 Å². The van der Waals surface area contributed by atoms with Crippen molar-refractivity contribution in [2.24, 2.45) is 0 Å².